The second kappa shape index (κ2) is 22.9. The molecule has 3 aromatic rings. The Balaban J connectivity index is 1.91. The fourth-order valence-corrected chi connectivity index (χ4v) is 5.59. The van der Waals surface area contributed by atoms with E-state index in [9.17, 15) is 33.9 Å². The van der Waals surface area contributed by atoms with Crippen LogP contribution < -0.4 is 81.4 Å². The maximum atomic E-state index is 14.0. The lowest BCUT2D eigenvalue weighted by Crippen LogP contribution is -2.68. The molecule has 6 unspecified atom stereocenters. The third-order valence-electron chi connectivity index (χ3n) is 7.83. The molecule has 1 heterocycles. The Bertz CT molecular complexity index is 2190. The van der Waals surface area contributed by atoms with Crippen molar-refractivity contribution in [2.45, 2.75) is 43.5 Å². The number of guanidine groups is 4. The molecule has 30 heteroatoms. The van der Waals surface area contributed by atoms with E-state index in [1.54, 1.807) is 12.1 Å². The number of rotatable bonds is 20. The fourth-order valence-electron chi connectivity index (χ4n) is 5.07. The second-order valence-corrected chi connectivity index (χ2v) is 13.3. The van der Waals surface area contributed by atoms with Crippen molar-refractivity contribution in [1.82, 2.24) is 57.8 Å². The molecule has 0 saturated heterocycles. The molecular formula is C33H43Cl2N21O7. The number of amides is 6. The van der Waals surface area contributed by atoms with Crippen LogP contribution in [0.1, 0.15) is 17.2 Å². The van der Waals surface area contributed by atoms with Gasteiger partial charge in [0, 0.05) is 28.0 Å². The minimum atomic E-state index is -2.11. The minimum Gasteiger partial charge on any atom is -0.370 e. The highest BCUT2D eigenvalue weighted by atomic mass is 35.5. The van der Waals surface area contributed by atoms with Crippen LogP contribution in [0.3, 0.4) is 0 Å². The molecule has 3 rings (SSSR count). The zero-order valence-electron chi connectivity index (χ0n) is 32.4. The fraction of sp³-hybridized carbons (Fsp3) is 0.212. The second-order valence-electron chi connectivity index (χ2n) is 12.5. The zero-order valence-corrected chi connectivity index (χ0v) is 33.9. The maximum Gasteiger partial charge on any atom is 0.271 e. The standard InChI is InChI=1S/C33H43Cl2N21O7/c34-15-8-4-9-16(35)14(15)12-56(33-45-10-5-11-46-33)28(63)27(62)47-17(13-6-2-1-3-7-13)23(58)49-20(53-30(39)40)25(60)51-22(55-32(43)44)26(61)50-21(54-31(41)42)24(59)48-19(18(36)57)52-29(37)38/h1-11,17,19-22,28,63H,12H2,(H2,36,57)(H,47,62)(H,48,59)(H,49,58)(H,50,61)(H,51,60)(H4,37,38,52)(H4,39,40,53)(H4,41,42,54)(H4,43,44,55). The molecule has 0 aliphatic rings. The normalized spacial score (nSPS) is 13.3. The number of carbonyl (C=O) groups is 6. The Morgan fingerprint density at radius 2 is 0.968 bits per heavy atom. The molecular weight excluding hydrogens is 873 g/mol. The highest BCUT2D eigenvalue weighted by Crippen LogP contribution is 2.28. The number of carbonyl (C=O) groups excluding carboxylic acids is 6. The van der Waals surface area contributed by atoms with Crippen LogP contribution in [0.25, 0.3) is 0 Å². The lowest BCUT2D eigenvalue weighted by atomic mass is 10.1. The van der Waals surface area contributed by atoms with E-state index in [2.05, 4.69) is 41.9 Å². The summed E-state index contributed by atoms with van der Waals surface area (Å²) in [5.74, 6) is -11.2. The van der Waals surface area contributed by atoms with Crippen molar-refractivity contribution in [3.8, 4) is 0 Å². The van der Waals surface area contributed by atoms with Crippen LogP contribution in [0.2, 0.25) is 10.0 Å². The largest absolute Gasteiger partial charge is 0.370 e. The molecule has 0 bridgehead atoms. The predicted octanol–water partition coefficient (Wildman–Crippen LogP) is -5.85. The monoisotopic (exact) mass is 915 g/mol. The average Bonchev–Trinajstić information content (AvgIpc) is 3.21. The molecule has 0 radical (unpaired) electrons. The molecule has 0 aliphatic heterocycles. The summed E-state index contributed by atoms with van der Waals surface area (Å²) < 4.78 is 0. The van der Waals surface area contributed by atoms with Crippen molar-refractivity contribution in [3.63, 3.8) is 0 Å². The average molecular weight is 917 g/mol. The summed E-state index contributed by atoms with van der Waals surface area (Å²) in [5, 5.41) is 61.3. The highest BCUT2D eigenvalue weighted by molar-refractivity contribution is 6.36. The number of nitrogens with two attached hydrogens (primary N) is 5. The lowest BCUT2D eigenvalue weighted by molar-refractivity contribution is -0.136. The molecule has 1 aromatic heterocycles. The van der Waals surface area contributed by atoms with Crippen LogP contribution in [-0.2, 0) is 35.3 Å². The molecule has 6 atom stereocenters. The number of aromatic nitrogens is 2. The summed E-state index contributed by atoms with van der Waals surface area (Å²) >= 11 is 12.8. The minimum absolute atomic E-state index is 0.115. The quantitative estimate of drug-likeness (QED) is 0.0285. The SMILES string of the molecule is N=C(N)NC(NC(=O)C(NC(=N)N)NC(=O)C(NC(=N)N)NC(=O)C(NC(=N)N)NC(=O)C(NC(=O)C(O)N(Cc1c(Cl)cccc1Cl)c1ncccn1)c1ccccc1)C(N)=O. The van der Waals surface area contributed by atoms with Gasteiger partial charge in [-0.1, -0.05) is 59.6 Å². The summed E-state index contributed by atoms with van der Waals surface area (Å²) in [4.78, 5) is 89.1. The van der Waals surface area contributed by atoms with Gasteiger partial charge in [-0.25, -0.2) is 9.97 Å². The van der Waals surface area contributed by atoms with Gasteiger partial charge in [-0.2, -0.15) is 0 Å². The van der Waals surface area contributed by atoms with Gasteiger partial charge in [0.15, 0.2) is 48.5 Å². The van der Waals surface area contributed by atoms with Gasteiger partial charge < -0.3 is 86.5 Å². The third-order valence-corrected chi connectivity index (χ3v) is 8.54. The summed E-state index contributed by atoms with van der Waals surface area (Å²) in [6.45, 7) is -0.297. The van der Waals surface area contributed by atoms with E-state index < -0.39 is 96.2 Å². The molecule has 0 saturated carbocycles. The number of hydrogen-bond acceptors (Lipinski definition) is 14. The summed E-state index contributed by atoms with van der Waals surface area (Å²) in [7, 11) is 0. The zero-order chi connectivity index (χ0) is 47.0. The van der Waals surface area contributed by atoms with E-state index in [1.807, 2.05) is 16.0 Å². The predicted molar refractivity (Wildman–Crippen MR) is 225 cm³/mol. The molecule has 28 nitrogen and oxygen atoms in total. The van der Waals surface area contributed by atoms with Gasteiger partial charge >= 0.3 is 0 Å². The Labute approximate surface area is 366 Å². The van der Waals surface area contributed by atoms with Gasteiger partial charge in [-0.3, -0.25) is 50.4 Å². The van der Waals surface area contributed by atoms with Crippen molar-refractivity contribution in [2.75, 3.05) is 4.90 Å². The molecule has 63 heavy (non-hydrogen) atoms. The van der Waals surface area contributed by atoms with Crippen molar-refractivity contribution in [3.05, 3.63) is 88.2 Å². The van der Waals surface area contributed by atoms with Gasteiger partial charge in [0.2, 0.25) is 18.1 Å². The number of nitrogens with one attached hydrogen (secondary N) is 13. The van der Waals surface area contributed by atoms with Crippen LogP contribution in [0.4, 0.5) is 5.95 Å². The van der Waals surface area contributed by atoms with Crippen molar-refractivity contribution >= 4 is 88.4 Å². The van der Waals surface area contributed by atoms with E-state index in [0.717, 1.165) is 4.90 Å². The molecule has 2 aromatic carbocycles. The number of nitrogens with zero attached hydrogens (tertiary/aromatic N) is 3. The first kappa shape index (κ1) is 49.1. The summed E-state index contributed by atoms with van der Waals surface area (Å²) in [6.07, 6.45) is -7.37. The number of anilines is 1. The lowest BCUT2D eigenvalue weighted by Gasteiger charge is -2.30. The van der Waals surface area contributed by atoms with Gasteiger partial charge in [0.05, 0.1) is 6.54 Å². The van der Waals surface area contributed by atoms with Crippen LogP contribution in [-0.4, -0.2) is 105 Å². The smallest absolute Gasteiger partial charge is 0.271 e. The van der Waals surface area contributed by atoms with E-state index in [0.29, 0.717) is 5.56 Å². The first-order valence-electron chi connectivity index (χ1n) is 17.6. The number of aliphatic hydroxyl groups is 1. The first-order valence-corrected chi connectivity index (χ1v) is 18.4. The van der Waals surface area contributed by atoms with Gasteiger partial charge in [-0.05, 0) is 23.8 Å². The highest BCUT2D eigenvalue weighted by Gasteiger charge is 2.35. The summed E-state index contributed by atoms with van der Waals surface area (Å²) in [6, 6.07) is 11.9. The molecule has 0 aliphatic carbocycles. The Kier molecular flexibility index (Phi) is 17.9. The third kappa shape index (κ3) is 15.1. The molecule has 0 spiro atoms. The Morgan fingerprint density at radius 1 is 0.556 bits per heavy atom. The van der Waals surface area contributed by atoms with E-state index in [-0.39, 0.29) is 28.1 Å². The van der Waals surface area contributed by atoms with Gasteiger partial charge in [-0.15, -0.1) is 0 Å². The van der Waals surface area contributed by atoms with E-state index >= 15 is 0 Å². The molecule has 336 valence electrons. The van der Waals surface area contributed by atoms with E-state index in [4.69, 9.17) is 73.5 Å². The molecule has 24 N–H and O–H groups in total. The Hall–Kier alpha value is -8.24. The molecule has 6 amide bonds. The van der Waals surface area contributed by atoms with E-state index in [1.165, 1.54) is 54.9 Å². The number of hydrogen-bond donors (Lipinski definition) is 19. The number of benzene rings is 2. The van der Waals surface area contributed by atoms with Gasteiger partial charge in [0.25, 0.3) is 29.5 Å². The number of primary amides is 1. The van der Waals surface area contributed by atoms with Crippen LogP contribution in [0, 0.1) is 21.6 Å². The number of halogens is 2. The first-order chi connectivity index (χ1) is 29.7. The van der Waals surface area contributed by atoms with Crippen LogP contribution in [0.15, 0.2) is 67.0 Å². The van der Waals surface area contributed by atoms with Crippen LogP contribution in [0.5, 0.6) is 0 Å². The van der Waals surface area contributed by atoms with Crippen molar-refractivity contribution in [2.24, 2.45) is 28.7 Å². The summed E-state index contributed by atoms with van der Waals surface area (Å²) in [5.41, 5.74) is 27.1. The number of aliphatic hydroxyl groups excluding tert-OH is 1. The van der Waals surface area contributed by atoms with Crippen molar-refractivity contribution < 1.29 is 33.9 Å². The van der Waals surface area contributed by atoms with Gasteiger partial charge in [0.1, 0.15) is 6.04 Å². The Morgan fingerprint density at radius 3 is 1.40 bits per heavy atom. The van der Waals surface area contributed by atoms with Crippen LogP contribution >= 0.6 is 23.2 Å². The van der Waals surface area contributed by atoms with Crippen molar-refractivity contribution in [1.29, 1.82) is 21.6 Å². The molecule has 0 fully saturated rings. The maximum absolute atomic E-state index is 14.0. The topological polar surface area (TPSA) is 485 Å².